The molecule has 35 heavy (non-hydrogen) atoms. The molecule has 0 aromatic heterocycles. The minimum atomic E-state index is -1.14. The second-order valence-electron chi connectivity index (χ2n) is 8.84. The van der Waals surface area contributed by atoms with E-state index in [4.69, 9.17) is 17.2 Å². The van der Waals surface area contributed by atoms with Crippen molar-refractivity contribution in [3.8, 4) is 0 Å². The molecule has 0 rings (SSSR count). The topological polar surface area (TPSA) is 215 Å². The minimum Gasteiger partial charge on any atom is -0.480 e. The normalized spacial score (nSPS) is 15.3. The maximum absolute atomic E-state index is 13.1. The highest BCUT2D eigenvalue weighted by Gasteiger charge is 2.32. The summed E-state index contributed by atoms with van der Waals surface area (Å²) < 4.78 is 0. The Morgan fingerprint density at radius 1 is 0.943 bits per heavy atom. The molecule has 0 heterocycles. The van der Waals surface area contributed by atoms with E-state index in [0.717, 1.165) is 0 Å². The van der Waals surface area contributed by atoms with E-state index in [-0.39, 0.29) is 17.8 Å². The van der Waals surface area contributed by atoms with Gasteiger partial charge in [0.25, 0.3) is 0 Å². The number of rotatable bonds is 17. The Kier molecular flexibility index (Phi) is 15.7. The molecule has 0 bridgehead atoms. The fourth-order valence-electron chi connectivity index (χ4n) is 3.15. The van der Waals surface area contributed by atoms with Gasteiger partial charge in [0, 0.05) is 6.54 Å². The molecular weight excluding hydrogens is 474 g/mol. The summed E-state index contributed by atoms with van der Waals surface area (Å²) in [7, 11) is 0. The number of aliphatic carboxylic acids is 1. The van der Waals surface area contributed by atoms with Gasteiger partial charge in [-0.05, 0) is 43.1 Å². The van der Waals surface area contributed by atoms with Crippen LogP contribution < -0.4 is 33.2 Å². The number of amides is 3. The number of carbonyl (C=O) groups is 4. The molecule has 13 heteroatoms. The Balaban J connectivity index is 5.31. The molecule has 0 aliphatic rings. The van der Waals surface area contributed by atoms with Crippen molar-refractivity contribution < 1.29 is 24.3 Å². The summed E-state index contributed by atoms with van der Waals surface area (Å²) in [5.41, 5.74) is 16.5. The van der Waals surface area contributed by atoms with E-state index in [9.17, 15) is 24.3 Å². The van der Waals surface area contributed by atoms with Crippen molar-refractivity contribution in [3.63, 3.8) is 0 Å². The van der Waals surface area contributed by atoms with Crippen molar-refractivity contribution in [1.82, 2.24) is 16.0 Å². The summed E-state index contributed by atoms with van der Waals surface area (Å²) >= 11 is 1.49. The highest BCUT2D eigenvalue weighted by Crippen LogP contribution is 2.11. The van der Waals surface area contributed by atoms with E-state index in [0.29, 0.717) is 38.0 Å². The Labute approximate surface area is 212 Å². The molecule has 5 unspecified atom stereocenters. The number of guanidine groups is 1. The summed E-state index contributed by atoms with van der Waals surface area (Å²) in [6.45, 7) is 7.42. The first kappa shape index (κ1) is 32.5. The number of nitrogens with two attached hydrogens (primary N) is 3. The maximum atomic E-state index is 13.1. The predicted octanol–water partition coefficient (Wildman–Crippen LogP) is -0.638. The number of aliphatic imine (C=N–C) groups is 1. The number of hydrogen-bond acceptors (Lipinski definition) is 7. The monoisotopic (exact) mass is 517 g/mol. The molecule has 0 saturated carbocycles. The van der Waals surface area contributed by atoms with Crippen LogP contribution in [0.25, 0.3) is 0 Å². The summed E-state index contributed by atoms with van der Waals surface area (Å²) in [4.78, 5) is 54.0. The Morgan fingerprint density at radius 3 is 2.03 bits per heavy atom. The molecular formula is C22H43N7O5S. The first-order valence-corrected chi connectivity index (χ1v) is 13.2. The van der Waals surface area contributed by atoms with E-state index in [2.05, 4.69) is 20.9 Å². The predicted molar refractivity (Wildman–Crippen MR) is 139 cm³/mol. The fraction of sp³-hybridized carbons (Fsp3) is 0.773. The molecule has 0 fully saturated rings. The molecule has 0 saturated heterocycles. The van der Waals surface area contributed by atoms with E-state index >= 15 is 0 Å². The lowest BCUT2D eigenvalue weighted by Crippen LogP contribution is -2.59. The van der Waals surface area contributed by atoms with E-state index in [1.165, 1.54) is 11.8 Å². The van der Waals surface area contributed by atoms with Crippen LogP contribution in [0.4, 0.5) is 0 Å². The van der Waals surface area contributed by atoms with Gasteiger partial charge < -0.3 is 38.3 Å². The van der Waals surface area contributed by atoms with Crippen LogP contribution in [-0.2, 0) is 19.2 Å². The van der Waals surface area contributed by atoms with Crippen LogP contribution in [-0.4, -0.2) is 77.5 Å². The standard InChI is InChI=1S/C22H43N7O5S/c1-6-13(4)17(21(33)34)29-19(31)15(9-11-35-5)27-20(32)16(12(2)3)28-18(30)14(23)8-7-10-26-22(24)25/h12-17H,6-11,23H2,1-5H3,(H,27,32)(H,28,30)(H,29,31)(H,33,34)(H4,24,25,26). The highest BCUT2D eigenvalue weighted by molar-refractivity contribution is 7.98. The lowest BCUT2D eigenvalue weighted by Gasteiger charge is -2.27. The first-order chi connectivity index (χ1) is 16.3. The summed E-state index contributed by atoms with van der Waals surface area (Å²) in [5.74, 6) is -2.81. The van der Waals surface area contributed by atoms with Crippen LogP contribution in [0.5, 0.6) is 0 Å². The quantitative estimate of drug-likeness (QED) is 0.0740. The van der Waals surface area contributed by atoms with Crippen molar-refractivity contribution in [2.75, 3.05) is 18.6 Å². The van der Waals surface area contributed by atoms with Gasteiger partial charge in [-0.1, -0.05) is 34.1 Å². The smallest absolute Gasteiger partial charge is 0.326 e. The molecule has 0 aromatic carbocycles. The van der Waals surface area contributed by atoms with E-state index in [1.807, 2.05) is 13.2 Å². The zero-order valence-corrected chi connectivity index (χ0v) is 22.2. The van der Waals surface area contributed by atoms with Crippen LogP contribution in [0.15, 0.2) is 4.99 Å². The molecule has 5 atom stereocenters. The third-order valence-corrected chi connectivity index (χ3v) is 6.22. The Bertz CT molecular complexity index is 731. The van der Waals surface area contributed by atoms with Crippen molar-refractivity contribution >= 4 is 41.4 Å². The minimum absolute atomic E-state index is 0.0431. The number of nitrogens with zero attached hydrogens (tertiary/aromatic N) is 1. The third kappa shape index (κ3) is 12.6. The number of hydrogen-bond donors (Lipinski definition) is 7. The van der Waals surface area contributed by atoms with Gasteiger partial charge in [0.05, 0.1) is 6.04 Å². The van der Waals surface area contributed by atoms with Crippen LogP contribution in [0.1, 0.15) is 53.4 Å². The molecule has 0 aliphatic carbocycles. The number of carboxylic acids is 1. The van der Waals surface area contributed by atoms with Gasteiger partial charge in [-0.15, -0.1) is 0 Å². The van der Waals surface area contributed by atoms with Gasteiger partial charge in [0.1, 0.15) is 18.1 Å². The van der Waals surface area contributed by atoms with Crippen LogP contribution in [0.3, 0.4) is 0 Å². The van der Waals surface area contributed by atoms with Gasteiger partial charge in [-0.3, -0.25) is 19.4 Å². The van der Waals surface area contributed by atoms with Gasteiger partial charge in [0.2, 0.25) is 17.7 Å². The molecule has 0 aromatic rings. The summed E-state index contributed by atoms with van der Waals surface area (Å²) in [6.07, 6.45) is 3.53. The Hall–Kier alpha value is -2.54. The second kappa shape index (κ2) is 17.0. The Morgan fingerprint density at radius 2 is 1.54 bits per heavy atom. The lowest BCUT2D eigenvalue weighted by molar-refractivity contribution is -0.144. The SMILES string of the molecule is CCC(C)C(NC(=O)C(CCSC)NC(=O)C(NC(=O)C(N)CCCN=C(N)N)C(C)C)C(=O)O. The molecule has 12 nitrogen and oxygen atoms in total. The average Bonchev–Trinajstić information content (AvgIpc) is 2.79. The van der Waals surface area contributed by atoms with Crippen molar-refractivity contribution in [1.29, 1.82) is 0 Å². The number of thioether (sulfide) groups is 1. The van der Waals surface area contributed by atoms with Crippen LogP contribution in [0, 0.1) is 11.8 Å². The lowest BCUT2D eigenvalue weighted by atomic mass is 9.98. The molecule has 0 radical (unpaired) electrons. The number of carboxylic acid groups (broad SMARTS) is 1. The van der Waals surface area contributed by atoms with E-state index < -0.39 is 47.9 Å². The molecule has 0 aliphatic heterocycles. The summed E-state index contributed by atoms with van der Waals surface area (Å²) in [6, 6.07) is -3.81. The zero-order chi connectivity index (χ0) is 27.1. The van der Waals surface area contributed by atoms with Crippen molar-refractivity contribution in [2.45, 2.75) is 77.5 Å². The molecule has 0 spiro atoms. The van der Waals surface area contributed by atoms with Gasteiger partial charge in [-0.2, -0.15) is 11.8 Å². The molecule has 10 N–H and O–H groups in total. The first-order valence-electron chi connectivity index (χ1n) is 11.8. The van der Waals surface area contributed by atoms with Gasteiger partial charge in [-0.25, -0.2) is 4.79 Å². The maximum Gasteiger partial charge on any atom is 0.326 e. The molecule has 202 valence electrons. The molecule has 3 amide bonds. The van der Waals surface area contributed by atoms with Crippen molar-refractivity contribution in [3.05, 3.63) is 0 Å². The zero-order valence-electron chi connectivity index (χ0n) is 21.4. The van der Waals surface area contributed by atoms with E-state index in [1.54, 1.807) is 20.8 Å². The second-order valence-corrected chi connectivity index (χ2v) is 9.82. The summed E-state index contributed by atoms with van der Waals surface area (Å²) in [5, 5.41) is 17.4. The highest BCUT2D eigenvalue weighted by atomic mass is 32.2. The van der Waals surface area contributed by atoms with Crippen molar-refractivity contribution in [2.24, 2.45) is 34.0 Å². The van der Waals surface area contributed by atoms with Gasteiger partial charge >= 0.3 is 5.97 Å². The van der Waals surface area contributed by atoms with Gasteiger partial charge in [0.15, 0.2) is 5.96 Å². The third-order valence-electron chi connectivity index (χ3n) is 5.57. The fourth-order valence-corrected chi connectivity index (χ4v) is 3.62. The number of carbonyl (C=O) groups excluding carboxylic acids is 3. The van der Waals surface area contributed by atoms with Crippen LogP contribution >= 0.6 is 11.8 Å². The largest absolute Gasteiger partial charge is 0.480 e. The average molecular weight is 518 g/mol. The van der Waals surface area contributed by atoms with Crippen LogP contribution in [0.2, 0.25) is 0 Å². The number of nitrogens with one attached hydrogen (secondary N) is 3.